The lowest BCUT2D eigenvalue weighted by molar-refractivity contribution is -0.125. The van der Waals surface area contributed by atoms with Crippen LogP contribution in [-0.2, 0) is 11.3 Å². The predicted octanol–water partition coefficient (Wildman–Crippen LogP) is 2.66. The second kappa shape index (κ2) is 9.41. The Balaban J connectivity index is 1.47. The van der Waals surface area contributed by atoms with Crippen molar-refractivity contribution in [3.8, 4) is 0 Å². The highest BCUT2D eigenvalue weighted by atomic mass is 16.2. The van der Waals surface area contributed by atoms with E-state index in [2.05, 4.69) is 46.7 Å². The Morgan fingerprint density at radius 1 is 1.11 bits per heavy atom. The van der Waals surface area contributed by atoms with Gasteiger partial charge in [0.25, 0.3) is 0 Å². The topological polar surface area (TPSA) is 64.7 Å². The summed E-state index contributed by atoms with van der Waals surface area (Å²) >= 11 is 0. The van der Waals surface area contributed by atoms with E-state index in [0.717, 1.165) is 45.3 Å². The SMILES string of the molecule is Cc1ccccc1CN1CCC(NC(=O)[C@@H]2CCCN2C(=O)NC(C)C)CC1. The molecular weight excluding hydrogens is 352 g/mol. The number of piperidine rings is 1. The molecule has 6 nitrogen and oxygen atoms in total. The summed E-state index contributed by atoms with van der Waals surface area (Å²) in [4.78, 5) is 29.3. The molecule has 2 N–H and O–H groups in total. The van der Waals surface area contributed by atoms with Crippen LogP contribution >= 0.6 is 0 Å². The van der Waals surface area contributed by atoms with Gasteiger partial charge in [-0.1, -0.05) is 24.3 Å². The first kappa shape index (κ1) is 20.6. The minimum absolute atomic E-state index is 0.00811. The fourth-order valence-electron chi connectivity index (χ4n) is 4.17. The van der Waals surface area contributed by atoms with E-state index in [9.17, 15) is 9.59 Å². The number of nitrogens with one attached hydrogen (secondary N) is 2. The zero-order chi connectivity index (χ0) is 20.1. The molecular formula is C22H34N4O2. The van der Waals surface area contributed by atoms with Gasteiger partial charge in [0.1, 0.15) is 6.04 Å². The standard InChI is InChI=1S/C22H34N4O2/c1-16(2)23-22(28)26-12-6-9-20(26)21(27)24-19-10-13-25(14-11-19)15-18-8-5-4-7-17(18)3/h4-5,7-8,16,19-20H,6,9-15H2,1-3H3,(H,23,28)(H,24,27)/t20-/m0/s1. The van der Waals surface area contributed by atoms with Gasteiger partial charge in [0.05, 0.1) is 0 Å². The van der Waals surface area contributed by atoms with Crippen LogP contribution in [0.15, 0.2) is 24.3 Å². The lowest BCUT2D eigenvalue weighted by Crippen LogP contribution is -2.53. The lowest BCUT2D eigenvalue weighted by Gasteiger charge is -2.34. The van der Waals surface area contributed by atoms with Gasteiger partial charge in [-0.15, -0.1) is 0 Å². The largest absolute Gasteiger partial charge is 0.351 e. The van der Waals surface area contributed by atoms with Gasteiger partial charge in [0.2, 0.25) is 5.91 Å². The molecule has 0 unspecified atom stereocenters. The average Bonchev–Trinajstić information content (AvgIpc) is 3.15. The second-order valence-corrected chi connectivity index (χ2v) is 8.44. The van der Waals surface area contributed by atoms with Crippen LogP contribution in [0, 0.1) is 6.92 Å². The molecule has 2 saturated heterocycles. The number of likely N-dealkylation sites (tertiary alicyclic amines) is 2. The third-order valence-corrected chi connectivity index (χ3v) is 5.82. The molecule has 28 heavy (non-hydrogen) atoms. The van der Waals surface area contributed by atoms with Gasteiger partial charge in [-0.3, -0.25) is 9.69 Å². The monoisotopic (exact) mass is 386 g/mol. The molecule has 6 heteroatoms. The summed E-state index contributed by atoms with van der Waals surface area (Å²) in [7, 11) is 0. The smallest absolute Gasteiger partial charge is 0.318 e. The van der Waals surface area contributed by atoms with E-state index in [1.54, 1.807) is 4.90 Å². The van der Waals surface area contributed by atoms with E-state index in [1.165, 1.54) is 11.1 Å². The van der Waals surface area contributed by atoms with Gasteiger partial charge >= 0.3 is 6.03 Å². The summed E-state index contributed by atoms with van der Waals surface area (Å²) < 4.78 is 0. The fraction of sp³-hybridized carbons (Fsp3) is 0.636. The van der Waals surface area contributed by atoms with E-state index < -0.39 is 0 Å². The van der Waals surface area contributed by atoms with Gasteiger partial charge in [0, 0.05) is 38.3 Å². The minimum atomic E-state index is -0.330. The first-order valence-electron chi connectivity index (χ1n) is 10.6. The van der Waals surface area contributed by atoms with Crippen LogP contribution in [0.5, 0.6) is 0 Å². The van der Waals surface area contributed by atoms with Crippen molar-refractivity contribution in [2.24, 2.45) is 0 Å². The molecule has 3 amide bonds. The van der Waals surface area contributed by atoms with Crippen LogP contribution in [0.25, 0.3) is 0 Å². The number of aryl methyl sites for hydroxylation is 1. The van der Waals surface area contributed by atoms with Crippen LogP contribution in [0.2, 0.25) is 0 Å². The maximum atomic E-state index is 12.8. The van der Waals surface area contributed by atoms with Crippen molar-refractivity contribution < 1.29 is 9.59 Å². The highest BCUT2D eigenvalue weighted by Crippen LogP contribution is 2.20. The molecule has 1 aromatic rings. The Morgan fingerprint density at radius 2 is 1.82 bits per heavy atom. The number of hydrogen-bond acceptors (Lipinski definition) is 3. The average molecular weight is 387 g/mol. The van der Waals surface area contributed by atoms with E-state index in [-0.39, 0.29) is 30.1 Å². The van der Waals surface area contributed by atoms with Crippen molar-refractivity contribution in [2.45, 2.75) is 71.1 Å². The Bertz CT molecular complexity index is 683. The molecule has 0 aliphatic carbocycles. The zero-order valence-corrected chi connectivity index (χ0v) is 17.4. The van der Waals surface area contributed by atoms with Crippen LogP contribution in [0.4, 0.5) is 4.79 Å². The van der Waals surface area contributed by atoms with Crippen molar-refractivity contribution >= 4 is 11.9 Å². The predicted molar refractivity (Wildman–Crippen MR) is 111 cm³/mol. The summed E-state index contributed by atoms with van der Waals surface area (Å²) in [5.41, 5.74) is 2.71. The van der Waals surface area contributed by atoms with Crippen molar-refractivity contribution in [2.75, 3.05) is 19.6 Å². The number of benzene rings is 1. The Labute approximate surface area is 168 Å². The molecule has 3 rings (SSSR count). The molecule has 2 aliphatic rings. The third-order valence-electron chi connectivity index (χ3n) is 5.82. The molecule has 0 spiro atoms. The van der Waals surface area contributed by atoms with Gasteiger partial charge < -0.3 is 15.5 Å². The van der Waals surface area contributed by atoms with Crippen LogP contribution in [-0.4, -0.2) is 59.5 Å². The van der Waals surface area contributed by atoms with E-state index in [0.29, 0.717) is 6.54 Å². The van der Waals surface area contributed by atoms with Gasteiger partial charge in [-0.25, -0.2) is 4.79 Å². The molecule has 1 aromatic carbocycles. The summed E-state index contributed by atoms with van der Waals surface area (Å²) in [6.07, 6.45) is 3.56. The number of carbonyl (C=O) groups excluding carboxylic acids is 2. The van der Waals surface area contributed by atoms with Gasteiger partial charge in [0.15, 0.2) is 0 Å². The molecule has 2 aliphatic heterocycles. The Kier molecular flexibility index (Phi) is 6.94. The maximum Gasteiger partial charge on any atom is 0.318 e. The summed E-state index contributed by atoms with van der Waals surface area (Å²) in [5, 5.41) is 6.11. The van der Waals surface area contributed by atoms with E-state index in [1.807, 2.05) is 13.8 Å². The highest BCUT2D eigenvalue weighted by molar-refractivity contribution is 5.87. The number of nitrogens with zero attached hydrogens (tertiary/aromatic N) is 2. The normalized spacial score (nSPS) is 21.1. The number of carbonyl (C=O) groups is 2. The lowest BCUT2D eigenvalue weighted by atomic mass is 10.0. The first-order valence-corrected chi connectivity index (χ1v) is 10.6. The van der Waals surface area contributed by atoms with Crippen molar-refractivity contribution in [3.05, 3.63) is 35.4 Å². The molecule has 0 saturated carbocycles. The van der Waals surface area contributed by atoms with Crippen LogP contribution < -0.4 is 10.6 Å². The molecule has 1 atom stereocenters. The molecule has 0 radical (unpaired) electrons. The molecule has 0 bridgehead atoms. The number of amides is 3. The zero-order valence-electron chi connectivity index (χ0n) is 17.4. The van der Waals surface area contributed by atoms with Crippen LogP contribution in [0.3, 0.4) is 0 Å². The second-order valence-electron chi connectivity index (χ2n) is 8.44. The van der Waals surface area contributed by atoms with Gasteiger partial charge in [-0.05, 0) is 57.6 Å². The fourth-order valence-corrected chi connectivity index (χ4v) is 4.17. The molecule has 154 valence electrons. The number of rotatable bonds is 5. The van der Waals surface area contributed by atoms with Crippen molar-refractivity contribution in [1.82, 2.24) is 20.4 Å². The Morgan fingerprint density at radius 3 is 2.50 bits per heavy atom. The molecule has 2 fully saturated rings. The summed E-state index contributed by atoms with van der Waals surface area (Å²) in [6, 6.07) is 8.35. The highest BCUT2D eigenvalue weighted by Gasteiger charge is 2.35. The third kappa shape index (κ3) is 5.25. The van der Waals surface area contributed by atoms with Gasteiger partial charge in [-0.2, -0.15) is 0 Å². The molecule has 2 heterocycles. The number of hydrogen-bond donors (Lipinski definition) is 2. The number of urea groups is 1. The summed E-state index contributed by atoms with van der Waals surface area (Å²) in [6.45, 7) is 9.64. The van der Waals surface area contributed by atoms with Crippen molar-refractivity contribution in [3.63, 3.8) is 0 Å². The van der Waals surface area contributed by atoms with Crippen molar-refractivity contribution in [1.29, 1.82) is 0 Å². The summed E-state index contributed by atoms with van der Waals surface area (Å²) in [5.74, 6) is 0.00811. The quantitative estimate of drug-likeness (QED) is 0.818. The molecule has 0 aromatic heterocycles. The van der Waals surface area contributed by atoms with Crippen LogP contribution in [0.1, 0.15) is 50.7 Å². The first-order chi connectivity index (χ1) is 13.4. The Hall–Kier alpha value is -2.08. The van der Waals surface area contributed by atoms with E-state index in [4.69, 9.17) is 0 Å². The minimum Gasteiger partial charge on any atom is -0.351 e. The van der Waals surface area contributed by atoms with E-state index >= 15 is 0 Å². The maximum absolute atomic E-state index is 12.8.